The summed E-state index contributed by atoms with van der Waals surface area (Å²) in [5.41, 5.74) is 8.43. The number of nitriles is 1. The molecule has 0 aliphatic heterocycles. The molecule has 2 heterocycles. The second-order valence-corrected chi connectivity index (χ2v) is 4.37. The molecule has 2 N–H and O–H groups in total. The van der Waals surface area contributed by atoms with Gasteiger partial charge in [-0.2, -0.15) is 5.26 Å². The Labute approximate surface area is 120 Å². The first-order chi connectivity index (χ1) is 10.2. The molecule has 1 aromatic carbocycles. The number of hydrogen-bond donors (Lipinski definition) is 1. The van der Waals surface area contributed by atoms with Crippen LogP contribution in [0.2, 0.25) is 0 Å². The fourth-order valence-corrected chi connectivity index (χ4v) is 2.19. The van der Waals surface area contributed by atoms with Gasteiger partial charge in [-0.25, -0.2) is 15.0 Å². The van der Waals surface area contributed by atoms with Gasteiger partial charge in [0.15, 0.2) is 0 Å². The summed E-state index contributed by atoms with van der Waals surface area (Å²) >= 11 is 0. The number of rotatable bonds is 2. The summed E-state index contributed by atoms with van der Waals surface area (Å²) in [7, 11) is 1.57. The van der Waals surface area contributed by atoms with Crippen LogP contribution in [-0.4, -0.2) is 22.1 Å². The highest BCUT2D eigenvalue weighted by atomic mass is 16.5. The summed E-state index contributed by atoms with van der Waals surface area (Å²) in [6.45, 7) is 0. The van der Waals surface area contributed by atoms with Crippen LogP contribution in [0.4, 0.5) is 5.82 Å². The van der Waals surface area contributed by atoms with E-state index in [1.54, 1.807) is 25.6 Å². The zero-order valence-electron chi connectivity index (χ0n) is 11.2. The lowest BCUT2D eigenvalue weighted by atomic mass is 10.0. The minimum Gasteiger partial charge on any atom is -0.494 e. The molecule has 0 aliphatic rings. The Bertz CT molecular complexity index is 855. The number of methoxy groups -OCH3 is 1. The van der Waals surface area contributed by atoms with Crippen LogP contribution in [0.3, 0.4) is 0 Å². The second-order valence-electron chi connectivity index (χ2n) is 4.37. The van der Waals surface area contributed by atoms with Gasteiger partial charge in [-0.05, 0) is 23.8 Å². The Hall–Kier alpha value is -3.20. The van der Waals surface area contributed by atoms with Gasteiger partial charge in [0.05, 0.1) is 12.7 Å². The van der Waals surface area contributed by atoms with Crippen molar-refractivity contribution in [3.05, 3.63) is 42.5 Å². The smallest absolute Gasteiger partial charge is 0.145 e. The molecule has 0 radical (unpaired) electrons. The van der Waals surface area contributed by atoms with Crippen molar-refractivity contribution in [1.29, 1.82) is 5.26 Å². The predicted molar refractivity (Wildman–Crippen MR) is 78.4 cm³/mol. The Kier molecular flexibility index (Phi) is 3.09. The summed E-state index contributed by atoms with van der Waals surface area (Å²) in [5, 5.41) is 9.91. The van der Waals surface area contributed by atoms with Crippen molar-refractivity contribution in [2.45, 2.75) is 0 Å². The molecule has 0 bridgehead atoms. The number of nitrogen functional groups attached to an aromatic ring is 1. The van der Waals surface area contributed by atoms with E-state index in [9.17, 15) is 0 Å². The molecule has 6 nitrogen and oxygen atoms in total. The van der Waals surface area contributed by atoms with Gasteiger partial charge in [-0.1, -0.05) is 0 Å². The van der Waals surface area contributed by atoms with E-state index in [1.807, 2.05) is 18.2 Å². The van der Waals surface area contributed by atoms with Crippen molar-refractivity contribution in [3.63, 3.8) is 0 Å². The van der Waals surface area contributed by atoms with Crippen LogP contribution in [0.15, 0.2) is 36.9 Å². The zero-order chi connectivity index (χ0) is 14.8. The van der Waals surface area contributed by atoms with Gasteiger partial charge in [0.25, 0.3) is 0 Å². The molecule has 21 heavy (non-hydrogen) atoms. The molecule has 0 saturated carbocycles. The van der Waals surface area contributed by atoms with E-state index in [2.05, 4.69) is 15.0 Å². The molecule has 0 fully saturated rings. The molecule has 3 rings (SSSR count). The van der Waals surface area contributed by atoms with Crippen LogP contribution in [0.25, 0.3) is 22.0 Å². The molecule has 0 spiro atoms. The Morgan fingerprint density at radius 2 is 2.00 bits per heavy atom. The Balaban J connectivity index is 2.39. The normalized spacial score (nSPS) is 10.3. The topological polar surface area (TPSA) is 97.7 Å². The maximum atomic E-state index is 9.14. The molecule has 102 valence electrons. The van der Waals surface area contributed by atoms with Gasteiger partial charge < -0.3 is 10.5 Å². The summed E-state index contributed by atoms with van der Waals surface area (Å²) in [5.74, 6) is 0.784. The highest BCUT2D eigenvalue weighted by molar-refractivity contribution is 5.99. The van der Waals surface area contributed by atoms with Crippen LogP contribution in [0.5, 0.6) is 5.75 Å². The number of ether oxygens (including phenoxy) is 1. The second kappa shape index (κ2) is 5.06. The molecule has 3 aromatic rings. The zero-order valence-corrected chi connectivity index (χ0v) is 11.2. The van der Waals surface area contributed by atoms with Gasteiger partial charge in [0, 0.05) is 23.3 Å². The maximum absolute atomic E-state index is 9.14. The Morgan fingerprint density at radius 3 is 2.67 bits per heavy atom. The highest BCUT2D eigenvalue weighted by Gasteiger charge is 2.13. The standard InChI is InChI=1S/C15H11N5O/c1-21-13-3-2-11(10-6-18-8-19-7-10)12-4-9(5-16)15(17)20-14(12)13/h2-4,6-8H,1H3,(H2,17,20). The molecule has 0 saturated heterocycles. The van der Waals surface area contributed by atoms with Crippen LogP contribution in [0, 0.1) is 11.3 Å². The van der Waals surface area contributed by atoms with Crippen molar-refractivity contribution in [3.8, 4) is 22.9 Å². The SMILES string of the molecule is COc1ccc(-c2cncnc2)c2cc(C#N)c(N)nc12. The molecular formula is C15H11N5O. The first kappa shape index (κ1) is 12.8. The lowest BCUT2D eigenvalue weighted by Gasteiger charge is -2.11. The number of benzene rings is 1. The molecule has 0 unspecified atom stereocenters. The van der Waals surface area contributed by atoms with E-state index in [-0.39, 0.29) is 5.82 Å². The fraction of sp³-hybridized carbons (Fsp3) is 0.0667. The number of anilines is 1. The van der Waals surface area contributed by atoms with Crippen molar-refractivity contribution in [2.75, 3.05) is 12.8 Å². The summed E-state index contributed by atoms with van der Waals surface area (Å²) in [4.78, 5) is 12.3. The van der Waals surface area contributed by atoms with Crippen molar-refractivity contribution >= 4 is 16.7 Å². The van der Waals surface area contributed by atoms with E-state index in [1.165, 1.54) is 6.33 Å². The molecule has 2 aromatic heterocycles. The predicted octanol–water partition coefficient (Wildman–Crippen LogP) is 2.15. The van der Waals surface area contributed by atoms with E-state index in [0.29, 0.717) is 16.8 Å². The third-order valence-corrected chi connectivity index (χ3v) is 3.19. The maximum Gasteiger partial charge on any atom is 0.145 e. The number of pyridine rings is 1. The molecule has 0 amide bonds. The minimum absolute atomic E-state index is 0.185. The first-order valence-electron chi connectivity index (χ1n) is 6.17. The summed E-state index contributed by atoms with van der Waals surface area (Å²) < 4.78 is 5.31. The Morgan fingerprint density at radius 1 is 1.24 bits per heavy atom. The van der Waals surface area contributed by atoms with E-state index in [4.69, 9.17) is 15.7 Å². The number of nitrogens with two attached hydrogens (primary N) is 1. The third-order valence-electron chi connectivity index (χ3n) is 3.19. The van der Waals surface area contributed by atoms with Gasteiger partial charge in [0.1, 0.15) is 29.5 Å². The highest BCUT2D eigenvalue weighted by Crippen LogP contribution is 2.34. The number of aromatic nitrogens is 3. The van der Waals surface area contributed by atoms with Crippen molar-refractivity contribution in [2.24, 2.45) is 0 Å². The average Bonchev–Trinajstić information content (AvgIpc) is 2.54. The number of fused-ring (bicyclic) bond motifs is 1. The molecule has 6 heteroatoms. The number of nitrogens with zero attached hydrogens (tertiary/aromatic N) is 4. The summed E-state index contributed by atoms with van der Waals surface area (Å²) in [6, 6.07) is 7.45. The largest absolute Gasteiger partial charge is 0.494 e. The van der Waals surface area contributed by atoms with E-state index >= 15 is 0 Å². The summed E-state index contributed by atoms with van der Waals surface area (Å²) in [6.07, 6.45) is 4.87. The van der Waals surface area contributed by atoms with Gasteiger partial charge in [-0.15, -0.1) is 0 Å². The monoisotopic (exact) mass is 277 g/mol. The lowest BCUT2D eigenvalue weighted by molar-refractivity contribution is 0.419. The average molecular weight is 277 g/mol. The van der Waals surface area contributed by atoms with Crippen LogP contribution in [0.1, 0.15) is 5.56 Å². The van der Waals surface area contributed by atoms with Crippen molar-refractivity contribution in [1.82, 2.24) is 15.0 Å². The quantitative estimate of drug-likeness (QED) is 0.770. The fourth-order valence-electron chi connectivity index (χ4n) is 2.19. The third kappa shape index (κ3) is 2.11. The minimum atomic E-state index is 0.185. The molecule has 0 atom stereocenters. The van der Waals surface area contributed by atoms with Gasteiger partial charge in [-0.3, -0.25) is 0 Å². The van der Waals surface area contributed by atoms with Crippen LogP contribution < -0.4 is 10.5 Å². The van der Waals surface area contributed by atoms with E-state index < -0.39 is 0 Å². The lowest BCUT2D eigenvalue weighted by Crippen LogP contribution is -1.98. The van der Waals surface area contributed by atoms with E-state index in [0.717, 1.165) is 16.5 Å². The van der Waals surface area contributed by atoms with Gasteiger partial charge in [0.2, 0.25) is 0 Å². The number of hydrogen-bond acceptors (Lipinski definition) is 6. The van der Waals surface area contributed by atoms with Crippen LogP contribution >= 0.6 is 0 Å². The van der Waals surface area contributed by atoms with Gasteiger partial charge >= 0.3 is 0 Å². The molecule has 0 aliphatic carbocycles. The van der Waals surface area contributed by atoms with Crippen LogP contribution in [-0.2, 0) is 0 Å². The van der Waals surface area contributed by atoms with Crippen molar-refractivity contribution < 1.29 is 4.74 Å². The molecular weight excluding hydrogens is 266 g/mol. The first-order valence-corrected chi connectivity index (χ1v) is 6.17.